The highest BCUT2D eigenvalue weighted by atomic mass is 16.3. The molecule has 1 unspecified atom stereocenters. The van der Waals surface area contributed by atoms with E-state index in [9.17, 15) is 10.2 Å². The minimum Gasteiger partial charge on any atom is -0.392 e. The zero-order chi connectivity index (χ0) is 12.7. The highest BCUT2D eigenvalue weighted by molar-refractivity contribution is 4.83. The van der Waals surface area contributed by atoms with Crippen LogP contribution in [0.5, 0.6) is 0 Å². The minimum atomic E-state index is -0.534. The molecule has 1 saturated carbocycles. The molecule has 0 aromatic heterocycles. The van der Waals surface area contributed by atoms with Crippen LogP contribution in [0.25, 0.3) is 0 Å². The Labute approximate surface area is 106 Å². The van der Waals surface area contributed by atoms with Crippen molar-refractivity contribution in [3.8, 4) is 0 Å². The van der Waals surface area contributed by atoms with E-state index in [1.807, 2.05) is 0 Å². The summed E-state index contributed by atoms with van der Waals surface area (Å²) in [6.07, 6.45) is 7.10. The Morgan fingerprint density at radius 2 is 1.71 bits per heavy atom. The maximum atomic E-state index is 10.4. The van der Waals surface area contributed by atoms with Crippen molar-refractivity contribution in [3.05, 3.63) is 0 Å². The zero-order valence-corrected chi connectivity index (χ0v) is 11.4. The summed E-state index contributed by atoms with van der Waals surface area (Å²) in [6, 6.07) is 0. The first-order valence-electron chi connectivity index (χ1n) is 7.13. The van der Waals surface area contributed by atoms with Crippen molar-refractivity contribution >= 4 is 0 Å². The Kier molecular flexibility index (Phi) is 6.45. The minimum absolute atomic E-state index is 0.288. The molecule has 1 aliphatic rings. The maximum absolute atomic E-state index is 10.4. The van der Waals surface area contributed by atoms with E-state index in [0.717, 1.165) is 32.1 Å². The number of rotatable bonds is 6. The summed E-state index contributed by atoms with van der Waals surface area (Å²) in [5, 5.41) is 23.4. The first-order chi connectivity index (χ1) is 8.02. The molecule has 0 bridgehead atoms. The predicted molar refractivity (Wildman–Crippen MR) is 71.0 cm³/mol. The van der Waals surface area contributed by atoms with Gasteiger partial charge in [0.25, 0.3) is 0 Å². The molecule has 102 valence electrons. The van der Waals surface area contributed by atoms with Crippen molar-refractivity contribution in [2.45, 2.75) is 70.5 Å². The second-order valence-corrected chi connectivity index (χ2v) is 6.05. The standard InChI is InChI=1S/C14H29NO2/c1-12(2)9-13(16)10-15-11-14(17)7-5-3-4-6-8-14/h12-13,15-17H,3-11H2,1-2H3. The van der Waals surface area contributed by atoms with Crippen molar-refractivity contribution in [1.82, 2.24) is 5.32 Å². The third-order valence-corrected chi connectivity index (χ3v) is 3.61. The van der Waals surface area contributed by atoms with Gasteiger partial charge in [-0.2, -0.15) is 0 Å². The molecule has 0 saturated heterocycles. The van der Waals surface area contributed by atoms with Gasteiger partial charge in [0.1, 0.15) is 0 Å². The van der Waals surface area contributed by atoms with E-state index in [2.05, 4.69) is 19.2 Å². The Morgan fingerprint density at radius 1 is 1.12 bits per heavy atom. The molecule has 0 aromatic carbocycles. The number of nitrogens with one attached hydrogen (secondary N) is 1. The fourth-order valence-corrected chi connectivity index (χ4v) is 2.66. The molecule has 3 heteroatoms. The van der Waals surface area contributed by atoms with Gasteiger partial charge in [0.2, 0.25) is 0 Å². The van der Waals surface area contributed by atoms with Crippen LogP contribution in [0.15, 0.2) is 0 Å². The van der Waals surface area contributed by atoms with Crippen LogP contribution in [0.3, 0.4) is 0 Å². The number of aliphatic hydroxyl groups excluding tert-OH is 1. The van der Waals surface area contributed by atoms with E-state index in [-0.39, 0.29) is 6.10 Å². The Hall–Kier alpha value is -0.120. The summed E-state index contributed by atoms with van der Waals surface area (Å²) in [7, 11) is 0. The first-order valence-corrected chi connectivity index (χ1v) is 7.13. The summed E-state index contributed by atoms with van der Waals surface area (Å²) in [4.78, 5) is 0. The lowest BCUT2D eigenvalue weighted by molar-refractivity contribution is 0.0218. The van der Waals surface area contributed by atoms with Crippen LogP contribution in [-0.4, -0.2) is 35.0 Å². The Balaban J connectivity index is 2.19. The molecule has 1 atom stereocenters. The average Bonchev–Trinajstić information content (AvgIpc) is 2.42. The van der Waals surface area contributed by atoms with E-state index >= 15 is 0 Å². The molecular weight excluding hydrogens is 214 g/mol. The summed E-state index contributed by atoms with van der Waals surface area (Å²) >= 11 is 0. The molecule has 1 rings (SSSR count). The van der Waals surface area contributed by atoms with E-state index < -0.39 is 5.60 Å². The van der Waals surface area contributed by atoms with Crippen molar-refractivity contribution in [1.29, 1.82) is 0 Å². The lowest BCUT2D eigenvalue weighted by Gasteiger charge is -2.27. The molecule has 0 aliphatic heterocycles. The van der Waals surface area contributed by atoms with Crippen molar-refractivity contribution in [2.24, 2.45) is 5.92 Å². The number of hydrogen-bond acceptors (Lipinski definition) is 3. The van der Waals surface area contributed by atoms with Crippen LogP contribution in [-0.2, 0) is 0 Å². The summed E-state index contributed by atoms with van der Waals surface area (Å²) in [6.45, 7) is 5.45. The van der Waals surface area contributed by atoms with Gasteiger partial charge in [-0.1, -0.05) is 39.5 Å². The van der Waals surface area contributed by atoms with Crippen LogP contribution < -0.4 is 5.32 Å². The second kappa shape index (κ2) is 7.34. The van der Waals surface area contributed by atoms with Crippen LogP contribution >= 0.6 is 0 Å². The zero-order valence-electron chi connectivity index (χ0n) is 11.4. The molecule has 0 amide bonds. The first kappa shape index (κ1) is 14.9. The highest BCUT2D eigenvalue weighted by Gasteiger charge is 2.27. The quantitative estimate of drug-likeness (QED) is 0.626. The molecular formula is C14H29NO2. The molecule has 3 nitrogen and oxygen atoms in total. The van der Waals surface area contributed by atoms with Gasteiger partial charge in [0, 0.05) is 13.1 Å². The SMILES string of the molecule is CC(C)CC(O)CNCC1(O)CCCCCC1. The number of hydrogen-bond donors (Lipinski definition) is 3. The molecule has 0 aromatic rings. The topological polar surface area (TPSA) is 52.5 Å². The predicted octanol–water partition coefficient (Wildman–Crippen LogP) is 2.07. The van der Waals surface area contributed by atoms with Gasteiger partial charge < -0.3 is 15.5 Å². The van der Waals surface area contributed by atoms with Crippen molar-refractivity contribution in [2.75, 3.05) is 13.1 Å². The molecule has 1 aliphatic carbocycles. The lowest BCUT2D eigenvalue weighted by atomic mass is 9.94. The van der Waals surface area contributed by atoms with Crippen LogP contribution in [0, 0.1) is 5.92 Å². The normalized spacial score (nSPS) is 22.4. The Morgan fingerprint density at radius 3 is 2.24 bits per heavy atom. The van der Waals surface area contributed by atoms with Crippen molar-refractivity contribution < 1.29 is 10.2 Å². The smallest absolute Gasteiger partial charge is 0.0771 e. The molecule has 0 heterocycles. The van der Waals surface area contributed by atoms with Gasteiger partial charge >= 0.3 is 0 Å². The molecule has 3 N–H and O–H groups in total. The van der Waals surface area contributed by atoms with Crippen molar-refractivity contribution in [3.63, 3.8) is 0 Å². The van der Waals surface area contributed by atoms with Crippen LogP contribution in [0.4, 0.5) is 0 Å². The number of aliphatic hydroxyl groups is 2. The Bertz CT molecular complexity index is 198. The lowest BCUT2D eigenvalue weighted by Crippen LogP contribution is -2.42. The van der Waals surface area contributed by atoms with Gasteiger partial charge in [0.05, 0.1) is 11.7 Å². The van der Waals surface area contributed by atoms with E-state index in [1.54, 1.807) is 0 Å². The summed E-state index contributed by atoms with van der Waals surface area (Å²) < 4.78 is 0. The largest absolute Gasteiger partial charge is 0.392 e. The van der Waals surface area contributed by atoms with E-state index in [1.165, 1.54) is 12.8 Å². The molecule has 17 heavy (non-hydrogen) atoms. The summed E-state index contributed by atoms with van der Waals surface area (Å²) in [5.41, 5.74) is -0.534. The monoisotopic (exact) mass is 243 g/mol. The van der Waals surface area contributed by atoms with Gasteiger partial charge in [0.15, 0.2) is 0 Å². The van der Waals surface area contributed by atoms with Gasteiger partial charge in [-0.15, -0.1) is 0 Å². The molecule has 0 radical (unpaired) electrons. The maximum Gasteiger partial charge on any atom is 0.0771 e. The fourth-order valence-electron chi connectivity index (χ4n) is 2.66. The highest BCUT2D eigenvalue weighted by Crippen LogP contribution is 2.26. The van der Waals surface area contributed by atoms with Crippen LogP contribution in [0.2, 0.25) is 0 Å². The second-order valence-electron chi connectivity index (χ2n) is 6.05. The fraction of sp³-hybridized carbons (Fsp3) is 1.00. The van der Waals surface area contributed by atoms with E-state index in [4.69, 9.17) is 0 Å². The van der Waals surface area contributed by atoms with Crippen LogP contribution in [0.1, 0.15) is 58.8 Å². The average molecular weight is 243 g/mol. The van der Waals surface area contributed by atoms with Gasteiger partial charge in [-0.3, -0.25) is 0 Å². The van der Waals surface area contributed by atoms with E-state index in [0.29, 0.717) is 19.0 Å². The summed E-state index contributed by atoms with van der Waals surface area (Å²) in [5.74, 6) is 0.521. The molecule has 0 spiro atoms. The third-order valence-electron chi connectivity index (χ3n) is 3.61. The third kappa shape index (κ3) is 6.39. The van der Waals surface area contributed by atoms with Gasteiger partial charge in [-0.25, -0.2) is 0 Å². The molecule has 1 fully saturated rings. The van der Waals surface area contributed by atoms with Gasteiger partial charge in [-0.05, 0) is 25.2 Å².